The third-order valence-corrected chi connectivity index (χ3v) is 3.66. The molecule has 0 amide bonds. The maximum Gasteiger partial charge on any atom is 0.265 e. The molecule has 3 N–H and O–H groups in total. The van der Waals surface area contributed by atoms with Gasteiger partial charge < -0.3 is 5.73 Å². The third-order valence-electron chi connectivity index (χ3n) is 2.23. The van der Waals surface area contributed by atoms with Gasteiger partial charge in [-0.2, -0.15) is 5.26 Å². The van der Waals surface area contributed by atoms with Gasteiger partial charge in [-0.25, -0.2) is 13.4 Å². The van der Waals surface area contributed by atoms with Crippen LogP contribution in [0, 0.1) is 11.3 Å². The van der Waals surface area contributed by atoms with E-state index in [0.29, 0.717) is 0 Å². The largest absolute Gasteiger partial charge is 0.398 e. The lowest BCUT2D eigenvalue weighted by atomic mass is 10.2. The highest BCUT2D eigenvalue weighted by Gasteiger charge is 2.18. The number of nitrogen functional groups attached to an aromatic ring is 1. The van der Waals surface area contributed by atoms with Gasteiger partial charge in [0.05, 0.1) is 23.5 Å². The Labute approximate surface area is 109 Å². The molecule has 0 aliphatic heterocycles. The van der Waals surface area contributed by atoms with Crippen LogP contribution in [-0.4, -0.2) is 18.4 Å². The van der Waals surface area contributed by atoms with Crippen LogP contribution in [0.5, 0.6) is 0 Å². The average Bonchev–Trinajstić information content (AvgIpc) is 2.38. The Bertz CT molecular complexity index is 737. The van der Waals surface area contributed by atoms with Crippen LogP contribution >= 0.6 is 0 Å². The normalized spacial score (nSPS) is 10.7. The van der Waals surface area contributed by atoms with Crippen molar-refractivity contribution >= 4 is 21.5 Å². The first-order valence-corrected chi connectivity index (χ1v) is 6.60. The first-order valence-electron chi connectivity index (χ1n) is 5.11. The topological polar surface area (TPSA) is 122 Å². The van der Waals surface area contributed by atoms with Crippen molar-refractivity contribution in [2.24, 2.45) is 0 Å². The van der Waals surface area contributed by atoms with Crippen LogP contribution < -0.4 is 10.5 Å². The molecule has 0 radical (unpaired) electrons. The van der Waals surface area contributed by atoms with E-state index in [1.54, 1.807) is 0 Å². The van der Waals surface area contributed by atoms with E-state index in [9.17, 15) is 8.42 Å². The van der Waals surface area contributed by atoms with Crippen LogP contribution in [0.3, 0.4) is 0 Å². The number of sulfonamides is 1. The van der Waals surface area contributed by atoms with E-state index in [1.165, 1.54) is 36.8 Å². The van der Waals surface area contributed by atoms with Crippen molar-refractivity contribution in [3.63, 3.8) is 0 Å². The molecule has 19 heavy (non-hydrogen) atoms. The first-order chi connectivity index (χ1) is 9.03. The average molecular weight is 275 g/mol. The Hall–Kier alpha value is -2.66. The Morgan fingerprint density at radius 1 is 1.32 bits per heavy atom. The lowest BCUT2D eigenvalue weighted by molar-refractivity contribution is 0.601. The fourth-order valence-corrected chi connectivity index (χ4v) is 2.51. The Morgan fingerprint density at radius 2 is 2.11 bits per heavy atom. The maximum absolute atomic E-state index is 12.1. The minimum atomic E-state index is -3.86. The summed E-state index contributed by atoms with van der Waals surface area (Å²) in [6, 6.07) is 5.82. The number of nitrogens with one attached hydrogen (secondary N) is 1. The second kappa shape index (κ2) is 4.91. The summed E-state index contributed by atoms with van der Waals surface area (Å²) in [6.45, 7) is 0. The van der Waals surface area contributed by atoms with Gasteiger partial charge in [-0.3, -0.25) is 9.71 Å². The van der Waals surface area contributed by atoms with Crippen LogP contribution in [0.1, 0.15) is 5.56 Å². The number of nitriles is 1. The van der Waals surface area contributed by atoms with E-state index >= 15 is 0 Å². The highest BCUT2D eigenvalue weighted by Crippen LogP contribution is 2.21. The van der Waals surface area contributed by atoms with Crippen molar-refractivity contribution in [3.05, 3.63) is 42.4 Å². The number of aromatic nitrogens is 2. The predicted octanol–water partition coefficient (Wildman–Crippen LogP) is 0.731. The predicted molar refractivity (Wildman–Crippen MR) is 68.4 cm³/mol. The van der Waals surface area contributed by atoms with Crippen LogP contribution in [0.4, 0.5) is 11.5 Å². The third kappa shape index (κ3) is 2.78. The maximum atomic E-state index is 12.1. The molecule has 7 nitrogen and oxygen atoms in total. The second-order valence-electron chi connectivity index (χ2n) is 3.56. The van der Waals surface area contributed by atoms with Crippen LogP contribution in [0.25, 0.3) is 0 Å². The smallest absolute Gasteiger partial charge is 0.265 e. The summed E-state index contributed by atoms with van der Waals surface area (Å²) in [6.07, 6.45) is 4.06. The van der Waals surface area contributed by atoms with E-state index in [2.05, 4.69) is 14.7 Å². The first kappa shape index (κ1) is 12.8. The minimum Gasteiger partial charge on any atom is -0.398 e. The number of hydrogen-bond donors (Lipinski definition) is 2. The highest BCUT2D eigenvalue weighted by molar-refractivity contribution is 7.92. The molecule has 1 aromatic carbocycles. The van der Waals surface area contributed by atoms with Crippen molar-refractivity contribution in [1.29, 1.82) is 5.26 Å². The van der Waals surface area contributed by atoms with E-state index in [4.69, 9.17) is 11.0 Å². The molecule has 0 spiro atoms. The van der Waals surface area contributed by atoms with Gasteiger partial charge in [0, 0.05) is 12.4 Å². The molecule has 0 bridgehead atoms. The minimum absolute atomic E-state index is 0.00422. The zero-order valence-corrected chi connectivity index (χ0v) is 10.4. The summed E-state index contributed by atoms with van der Waals surface area (Å²) in [4.78, 5) is 7.44. The standard InChI is InChI=1S/C11H9N5O2S/c12-6-8-1-2-10(9(13)5-8)19(17,18)16-11-7-14-3-4-15-11/h1-5,7H,13H2,(H,15,16). The summed E-state index contributed by atoms with van der Waals surface area (Å²) in [5.74, 6) is 0.0891. The van der Waals surface area contributed by atoms with Crippen LogP contribution in [0.2, 0.25) is 0 Å². The molecule has 1 heterocycles. The monoisotopic (exact) mass is 275 g/mol. The number of nitrogens with zero attached hydrogens (tertiary/aromatic N) is 3. The molecule has 0 aliphatic carbocycles. The molecule has 0 fully saturated rings. The fourth-order valence-electron chi connectivity index (χ4n) is 1.41. The number of rotatable bonds is 3. The number of benzene rings is 1. The highest BCUT2D eigenvalue weighted by atomic mass is 32.2. The zero-order chi connectivity index (χ0) is 13.9. The van der Waals surface area contributed by atoms with Gasteiger partial charge in [0.25, 0.3) is 10.0 Å². The molecule has 0 saturated heterocycles. The summed E-state index contributed by atoms with van der Waals surface area (Å²) in [5.41, 5.74) is 5.91. The SMILES string of the molecule is N#Cc1ccc(S(=O)(=O)Nc2cnccn2)c(N)c1. The summed E-state index contributed by atoms with van der Waals surface area (Å²) >= 11 is 0. The Kier molecular flexibility index (Phi) is 3.31. The fraction of sp³-hybridized carbons (Fsp3) is 0. The summed E-state index contributed by atoms with van der Waals surface area (Å²) in [5, 5.41) is 8.70. The van der Waals surface area contributed by atoms with E-state index < -0.39 is 10.0 Å². The van der Waals surface area contributed by atoms with Gasteiger partial charge in [-0.05, 0) is 18.2 Å². The molecule has 0 saturated carbocycles. The van der Waals surface area contributed by atoms with E-state index in [0.717, 1.165) is 0 Å². The molecular formula is C11H9N5O2S. The number of nitrogens with two attached hydrogens (primary N) is 1. The molecule has 2 rings (SSSR count). The van der Waals surface area contributed by atoms with Gasteiger partial charge in [0.15, 0.2) is 5.82 Å². The molecule has 2 aromatic rings. The molecule has 96 valence electrons. The van der Waals surface area contributed by atoms with Crippen molar-refractivity contribution in [1.82, 2.24) is 9.97 Å². The van der Waals surface area contributed by atoms with Crippen molar-refractivity contribution < 1.29 is 8.42 Å². The number of anilines is 2. The second-order valence-corrected chi connectivity index (χ2v) is 5.21. The lowest BCUT2D eigenvalue weighted by Gasteiger charge is -2.09. The number of hydrogen-bond acceptors (Lipinski definition) is 6. The van der Waals surface area contributed by atoms with Crippen LogP contribution in [-0.2, 0) is 10.0 Å². The lowest BCUT2D eigenvalue weighted by Crippen LogP contribution is -2.15. The van der Waals surface area contributed by atoms with Crippen LogP contribution in [0.15, 0.2) is 41.7 Å². The molecule has 8 heteroatoms. The molecule has 0 atom stereocenters. The molecule has 0 aliphatic rings. The Balaban J connectivity index is 2.38. The zero-order valence-electron chi connectivity index (χ0n) is 9.61. The summed E-state index contributed by atoms with van der Waals surface area (Å²) in [7, 11) is -3.86. The molecule has 1 aromatic heterocycles. The molecular weight excluding hydrogens is 266 g/mol. The van der Waals surface area contributed by atoms with Gasteiger partial charge in [-0.15, -0.1) is 0 Å². The quantitative estimate of drug-likeness (QED) is 0.796. The molecule has 0 unspecified atom stereocenters. The van der Waals surface area contributed by atoms with Crippen molar-refractivity contribution in [3.8, 4) is 6.07 Å². The van der Waals surface area contributed by atoms with E-state index in [-0.39, 0.29) is 22.0 Å². The van der Waals surface area contributed by atoms with Gasteiger partial charge in [0.1, 0.15) is 4.90 Å². The van der Waals surface area contributed by atoms with Gasteiger partial charge in [0.2, 0.25) is 0 Å². The van der Waals surface area contributed by atoms with E-state index in [1.807, 2.05) is 6.07 Å². The van der Waals surface area contributed by atoms with Crippen molar-refractivity contribution in [2.75, 3.05) is 10.5 Å². The van der Waals surface area contributed by atoms with Crippen molar-refractivity contribution in [2.45, 2.75) is 4.90 Å². The van der Waals surface area contributed by atoms with Gasteiger partial charge in [-0.1, -0.05) is 0 Å². The van der Waals surface area contributed by atoms with Gasteiger partial charge >= 0.3 is 0 Å². The Morgan fingerprint density at radius 3 is 2.68 bits per heavy atom. The summed E-state index contributed by atoms with van der Waals surface area (Å²) < 4.78 is 26.4.